The number of amides is 2. The van der Waals surface area contributed by atoms with Gasteiger partial charge in [-0.05, 0) is 44.4 Å². The van der Waals surface area contributed by atoms with Crippen molar-refractivity contribution in [3.8, 4) is 17.0 Å². The van der Waals surface area contributed by atoms with E-state index in [4.69, 9.17) is 22.1 Å². The van der Waals surface area contributed by atoms with Crippen LogP contribution in [-0.2, 0) is 4.79 Å². The molecule has 2 aromatic carbocycles. The summed E-state index contributed by atoms with van der Waals surface area (Å²) in [5.41, 5.74) is 9.52. The molecule has 0 unspecified atom stereocenters. The van der Waals surface area contributed by atoms with Crippen molar-refractivity contribution >= 4 is 57.3 Å². The van der Waals surface area contributed by atoms with Crippen molar-refractivity contribution in [3.05, 3.63) is 66.0 Å². The van der Waals surface area contributed by atoms with Crippen molar-refractivity contribution in [1.29, 1.82) is 0 Å². The van der Waals surface area contributed by atoms with E-state index in [9.17, 15) is 9.59 Å². The van der Waals surface area contributed by atoms with Crippen molar-refractivity contribution in [3.63, 3.8) is 0 Å². The molecule has 0 fully saturated rings. The third-order valence-electron chi connectivity index (χ3n) is 6.26. The number of hydrogen-bond acceptors (Lipinski definition) is 8. The molecule has 208 valence electrons. The molecule has 5 N–H and O–H groups in total. The molecule has 0 atom stereocenters. The molecule has 0 bridgehead atoms. The standard InChI is InChI=1S/C28H31ClN8O3/c1-6-25(38)33-21-13-22(24(40-5)14-23(21)37(4)10-9-36(2)3)35-28-31-8-7-20(34-28)16-11-17-19(29)15-32-26(17)18(12-16)27(30)39/h6-8,11-15,32H,1,9-10H2,2-5H3,(H2,30,39)(H,33,38)(H,31,34,35). The second-order valence-corrected chi connectivity index (χ2v) is 9.73. The third-order valence-corrected chi connectivity index (χ3v) is 6.57. The number of fused-ring (bicyclic) bond motifs is 1. The van der Waals surface area contributed by atoms with Crippen LogP contribution in [0.5, 0.6) is 5.75 Å². The van der Waals surface area contributed by atoms with Gasteiger partial charge in [-0.3, -0.25) is 9.59 Å². The summed E-state index contributed by atoms with van der Waals surface area (Å²) in [4.78, 5) is 40.5. The Morgan fingerprint density at radius 2 is 1.95 bits per heavy atom. The molecule has 0 aliphatic carbocycles. The number of carbonyl (C=O) groups is 2. The van der Waals surface area contributed by atoms with Gasteiger partial charge in [-0.2, -0.15) is 0 Å². The molecule has 11 nitrogen and oxygen atoms in total. The summed E-state index contributed by atoms with van der Waals surface area (Å²) in [7, 11) is 7.49. The lowest BCUT2D eigenvalue weighted by Crippen LogP contribution is -2.29. The fourth-order valence-electron chi connectivity index (χ4n) is 4.15. The number of hydrogen-bond donors (Lipinski definition) is 4. The Bertz CT molecular complexity index is 1580. The minimum atomic E-state index is -0.591. The van der Waals surface area contributed by atoms with E-state index >= 15 is 0 Å². The van der Waals surface area contributed by atoms with Crippen molar-refractivity contribution < 1.29 is 14.3 Å². The maximum absolute atomic E-state index is 12.2. The molecule has 0 saturated heterocycles. The minimum absolute atomic E-state index is 0.270. The molecule has 40 heavy (non-hydrogen) atoms. The zero-order valence-corrected chi connectivity index (χ0v) is 23.5. The molecule has 2 amide bonds. The van der Waals surface area contributed by atoms with E-state index in [0.717, 1.165) is 12.2 Å². The van der Waals surface area contributed by atoms with Crippen molar-refractivity contribution in [2.75, 3.05) is 56.9 Å². The maximum Gasteiger partial charge on any atom is 0.250 e. The summed E-state index contributed by atoms with van der Waals surface area (Å²) in [6, 6.07) is 8.80. The number of halogens is 1. The van der Waals surface area contributed by atoms with E-state index in [1.807, 2.05) is 38.2 Å². The molecule has 12 heteroatoms. The lowest BCUT2D eigenvalue weighted by atomic mass is 10.0. The predicted molar refractivity (Wildman–Crippen MR) is 160 cm³/mol. The van der Waals surface area contributed by atoms with Crippen LogP contribution in [0.4, 0.5) is 23.0 Å². The number of anilines is 4. The highest BCUT2D eigenvalue weighted by Crippen LogP contribution is 2.38. The van der Waals surface area contributed by atoms with Gasteiger partial charge in [0.2, 0.25) is 11.9 Å². The van der Waals surface area contributed by atoms with Gasteiger partial charge in [0, 0.05) is 49.5 Å². The van der Waals surface area contributed by atoms with Crippen molar-refractivity contribution in [1.82, 2.24) is 19.9 Å². The van der Waals surface area contributed by atoms with Gasteiger partial charge < -0.3 is 35.9 Å². The number of ether oxygens (including phenoxy) is 1. The average Bonchev–Trinajstić information content (AvgIpc) is 3.31. The molecule has 2 heterocycles. The van der Waals surface area contributed by atoms with Crippen LogP contribution in [0.15, 0.2) is 55.4 Å². The number of primary amides is 1. The van der Waals surface area contributed by atoms with Crippen LogP contribution in [0.25, 0.3) is 22.2 Å². The number of likely N-dealkylation sites (N-methyl/N-ethyl adjacent to an activating group) is 2. The molecule has 4 rings (SSSR count). The smallest absolute Gasteiger partial charge is 0.250 e. The van der Waals surface area contributed by atoms with Crippen LogP contribution < -0.4 is 26.0 Å². The summed E-state index contributed by atoms with van der Waals surface area (Å²) in [5, 5.41) is 7.17. The lowest BCUT2D eigenvalue weighted by molar-refractivity contribution is -0.111. The van der Waals surface area contributed by atoms with Crippen molar-refractivity contribution in [2.24, 2.45) is 5.73 Å². The van der Waals surface area contributed by atoms with Crippen LogP contribution in [0.3, 0.4) is 0 Å². The molecule has 0 aliphatic rings. The third kappa shape index (κ3) is 6.16. The quantitative estimate of drug-likeness (QED) is 0.199. The van der Waals surface area contributed by atoms with Gasteiger partial charge in [-0.25, -0.2) is 9.97 Å². The van der Waals surface area contributed by atoms with Crippen LogP contribution in [0.2, 0.25) is 5.02 Å². The zero-order chi connectivity index (χ0) is 29.0. The summed E-state index contributed by atoms with van der Waals surface area (Å²) >= 11 is 6.33. The SMILES string of the molecule is C=CC(=O)Nc1cc(Nc2nccc(-c3cc(C(N)=O)c4[nH]cc(Cl)c4c3)n2)c(OC)cc1N(C)CCN(C)C. The second kappa shape index (κ2) is 12.1. The van der Waals surface area contributed by atoms with E-state index in [1.165, 1.54) is 6.08 Å². The highest BCUT2D eigenvalue weighted by Gasteiger charge is 2.18. The molecule has 0 aliphatic heterocycles. The van der Waals surface area contributed by atoms with Gasteiger partial charge >= 0.3 is 0 Å². The number of aromatic amines is 1. The van der Waals surface area contributed by atoms with Gasteiger partial charge in [-0.15, -0.1) is 0 Å². The zero-order valence-electron chi connectivity index (χ0n) is 22.7. The van der Waals surface area contributed by atoms with Gasteiger partial charge in [0.05, 0.1) is 46.0 Å². The highest BCUT2D eigenvalue weighted by molar-refractivity contribution is 6.36. The molecule has 0 saturated carbocycles. The molecule has 0 spiro atoms. The Labute approximate surface area is 237 Å². The molecular formula is C28H31ClN8O3. The number of nitrogens with zero attached hydrogens (tertiary/aromatic N) is 4. The molecule has 2 aromatic heterocycles. The van der Waals surface area contributed by atoms with Gasteiger partial charge in [0.25, 0.3) is 5.91 Å². The highest BCUT2D eigenvalue weighted by atomic mass is 35.5. The normalized spacial score (nSPS) is 10.9. The van der Waals surface area contributed by atoms with E-state index in [1.54, 1.807) is 37.7 Å². The van der Waals surface area contributed by atoms with E-state index in [0.29, 0.717) is 56.4 Å². The van der Waals surface area contributed by atoms with Crippen LogP contribution in [0.1, 0.15) is 10.4 Å². The number of nitrogens with two attached hydrogens (primary N) is 1. The maximum atomic E-state index is 12.2. The number of methoxy groups -OCH3 is 1. The Balaban J connectivity index is 1.73. The number of aromatic nitrogens is 3. The number of carbonyl (C=O) groups excluding carboxylic acids is 2. The Morgan fingerprint density at radius 3 is 2.62 bits per heavy atom. The lowest BCUT2D eigenvalue weighted by Gasteiger charge is -2.26. The first-order valence-electron chi connectivity index (χ1n) is 12.3. The monoisotopic (exact) mass is 562 g/mol. The molecule has 0 radical (unpaired) electrons. The van der Waals surface area contributed by atoms with E-state index in [-0.39, 0.29) is 11.9 Å². The topological polar surface area (TPSA) is 142 Å². The van der Waals surface area contributed by atoms with Crippen LogP contribution in [-0.4, -0.2) is 73.0 Å². The fraction of sp³-hybridized carbons (Fsp3) is 0.214. The van der Waals surface area contributed by atoms with Crippen molar-refractivity contribution in [2.45, 2.75) is 0 Å². The number of benzene rings is 2. The average molecular weight is 563 g/mol. The largest absolute Gasteiger partial charge is 0.494 e. The first kappa shape index (κ1) is 28.4. The number of H-pyrrole nitrogens is 1. The number of rotatable bonds is 11. The predicted octanol–water partition coefficient (Wildman–Crippen LogP) is 4.25. The summed E-state index contributed by atoms with van der Waals surface area (Å²) in [5.74, 6) is -0.145. The van der Waals surface area contributed by atoms with Crippen LogP contribution >= 0.6 is 11.6 Å². The Morgan fingerprint density at radius 1 is 1.18 bits per heavy atom. The Kier molecular flexibility index (Phi) is 8.56. The van der Waals surface area contributed by atoms with Gasteiger partial charge in [0.15, 0.2) is 0 Å². The van der Waals surface area contributed by atoms with E-state index in [2.05, 4.69) is 37.1 Å². The minimum Gasteiger partial charge on any atom is -0.494 e. The fourth-order valence-corrected chi connectivity index (χ4v) is 4.35. The molecular weight excluding hydrogens is 532 g/mol. The summed E-state index contributed by atoms with van der Waals surface area (Å²) in [6.45, 7) is 5.09. The second-order valence-electron chi connectivity index (χ2n) is 9.33. The summed E-state index contributed by atoms with van der Waals surface area (Å²) in [6.07, 6.45) is 4.40. The van der Waals surface area contributed by atoms with E-state index < -0.39 is 5.91 Å². The Hall–Kier alpha value is -4.61. The van der Waals surface area contributed by atoms with Gasteiger partial charge in [0.1, 0.15) is 5.75 Å². The van der Waals surface area contributed by atoms with Crippen LogP contribution in [0, 0.1) is 0 Å². The summed E-state index contributed by atoms with van der Waals surface area (Å²) < 4.78 is 5.67. The first-order valence-corrected chi connectivity index (χ1v) is 12.7. The first-order chi connectivity index (χ1) is 19.1. The number of nitrogens with one attached hydrogen (secondary N) is 3. The van der Waals surface area contributed by atoms with Gasteiger partial charge in [-0.1, -0.05) is 18.2 Å². The molecule has 4 aromatic rings.